The molecule has 0 radical (unpaired) electrons. The number of hydrogen-bond donors (Lipinski definition) is 0. The van der Waals surface area contributed by atoms with Crippen molar-refractivity contribution in [3.05, 3.63) is 47.8 Å². The summed E-state index contributed by atoms with van der Waals surface area (Å²) in [6, 6.07) is 10.4. The molecule has 24 heavy (non-hydrogen) atoms. The lowest BCUT2D eigenvalue weighted by molar-refractivity contribution is -0.134. The SMILES string of the molecule is CC(c1ccccc1)N(CC1CC1)C(=O)Cn1cc(C2CC2)nn1. The molecular formula is C19H24N4O. The van der Waals surface area contributed by atoms with Crippen LogP contribution >= 0.6 is 0 Å². The van der Waals surface area contributed by atoms with Crippen LogP contribution in [-0.4, -0.2) is 32.3 Å². The molecule has 2 aliphatic rings. The zero-order chi connectivity index (χ0) is 16.5. The van der Waals surface area contributed by atoms with Crippen molar-refractivity contribution in [1.82, 2.24) is 19.9 Å². The number of amides is 1. The average Bonchev–Trinajstić information content (AvgIpc) is 3.53. The molecule has 0 N–H and O–H groups in total. The number of carbonyl (C=O) groups is 1. The van der Waals surface area contributed by atoms with Crippen molar-refractivity contribution >= 4 is 5.91 Å². The molecule has 1 unspecified atom stereocenters. The number of aromatic nitrogens is 3. The van der Waals surface area contributed by atoms with Crippen LogP contribution in [0.25, 0.3) is 0 Å². The fourth-order valence-electron chi connectivity index (χ4n) is 3.15. The zero-order valence-electron chi connectivity index (χ0n) is 14.1. The molecule has 5 nitrogen and oxygen atoms in total. The monoisotopic (exact) mass is 324 g/mol. The summed E-state index contributed by atoms with van der Waals surface area (Å²) in [6.07, 6.45) is 6.82. The summed E-state index contributed by atoms with van der Waals surface area (Å²) in [5, 5.41) is 8.35. The highest BCUT2D eigenvalue weighted by molar-refractivity contribution is 5.76. The molecule has 1 aromatic carbocycles. The van der Waals surface area contributed by atoms with E-state index in [9.17, 15) is 4.79 Å². The predicted octanol–water partition coefficient (Wildman–Crippen LogP) is 3.16. The third-order valence-electron chi connectivity index (χ3n) is 5.07. The summed E-state index contributed by atoms with van der Waals surface area (Å²) in [4.78, 5) is 14.9. The summed E-state index contributed by atoms with van der Waals surface area (Å²) in [5.41, 5.74) is 2.22. The van der Waals surface area contributed by atoms with E-state index in [0.29, 0.717) is 11.8 Å². The molecule has 0 aliphatic heterocycles. The van der Waals surface area contributed by atoms with Gasteiger partial charge in [-0.25, -0.2) is 4.68 Å². The van der Waals surface area contributed by atoms with Crippen molar-refractivity contribution < 1.29 is 4.79 Å². The second-order valence-corrected chi connectivity index (χ2v) is 7.19. The first-order chi connectivity index (χ1) is 11.7. The van der Waals surface area contributed by atoms with Gasteiger partial charge in [-0.05, 0) is 44.1 Å². The minimum atomic E-state index is 0.0886. The zero-order valence-corrected chi connectivity index (χ0v) is 14.1. The molecule has 1 aromatic heterocycles. The first-order valence-electron chi connectivity index (χ1n) is 8.95. The molecule has 2 aromatic rings. The Labute approximate surface area is 142 Å². The van der Waals surface area contributed by atoms with Gasteiger partial charge in [0.1, 0.15) is 6.54 Å². The standard InChI is InChI=1S/C19H24N4O/c1-14(16-5-3-2-4-6-16)23(11-15-7-8-15)19(24)13-22-12-18(20-21-22)17-9-10-17/h2-6,12,14-15,17H,7-11,13H2,1H3. The fourth-order valence-corrected chi connectivity index (χ4v) is 3.15. The van der Waals surface area contributed by atoms with Crippen LogP contribution in [0.3, 0.4) is 0 Å². The molecule has 2 aliphatic carbocycles. The van der Waals surface area contributed by atoms with Crippen LogP contribution in [0.1, 0.15) is 55.8 Å². The van der Waals surface area contributed by atoms with Crippen molar-refractivity contribution in [2.75, 3.05) is 6.54 Å². The van der Waals surface area contributed by atoms with Gasteiger partial charge in [-0.15, -0.1) is 5.10 Å². The maximum Gasteiger partial charge on any atom is 0.244 e. The van der Waals surface area contributed by atoms with Crippen LogP contribution in [0, 0.1) is 5.92 Å². The molecule has 2 saturated carbocycles. The molecule has 5 heteroatoms. The largest absolute Gasteiger partial charge is 0.334 e. The van der Waals surface area contributed by atoms with Crippen LogP contribution in [0.15, 0.2) is 36.5 Å². The van der Waals surface area contributed by atoms with Gasteiger partial charge in [0.25, 0.3) is 0 Å². The van der Waals surface area contributed by atoms with Crippen molar-refractivity contribution in [2.24, 2.45) is 5.92 Å². The van der Waals surface area contributed by atoms with E-state index in [1.165, 1.54) is 31.2 Å². The van der Waals surface area contributed by atoms with E-state index >= 15 is 0 Å². The van der Waals surface area contributed by atoms with E-state index in [0.717, 1.165) is 12.2 Å². The highest BCUT2D eigenvalue weighted by Gasteiger charge is 2.31. The van der Waals surface area contributed by atoms with E-state index in [1.807, 2.05) is 29.3 Å². The van der Waals surface area contributed by atoms with Crippen LogP contribution in [0.4, 0.5) is 0 Å². The highest BCUT2D eigenvalue weighted by atomic mass is 16.2. The Hall–Kier alpha value is -2.17. The van der Waals surface area contributed by atoms with Gasteiger partial charge in [-0.2, -0.15) is 0 Å². The molecule has 1 atom stereocenters. The summed E-state index contributed by atoms with van der Waals surface area (Å²) in [5.74, 6) is 1.36. The van der Waals surface area contributed by atoms with Gasteiger partial charge < -0.3 is 4.90 Å². The third-order valence-corrected chi connectivity index (χ3v) is 5.07. The third kappa shape index (κ3) is 3.50. The smallest absolute Gasteiger partial charge is 0.244 e. The Morgan fingerprint density at radius 1 is 1.25 bits per heavy atom. The van der Waals surface area contributed by atoms with Crippen molar-refractivity contribution in [2.45, 2.75) is 51.1 Å². The number of nitrogens with zero attached hydrogens (tertiary/aromatic N) is 4. The van der Waals surface area contributed by atoms with E-state index in [1.54, 1.807) is 4.68 Å². The second-order valence-electron chi connectivity index (χ2n) is 7.19. The molecule has 2 fully saturated rings. The number of benzene rings is 1. The van der Waals surface area contributed by atoms with Crippen LogP contribution < -0.4 is 0 Å². The lowest BCUT2D eigenvalue weighted by atomic mass is 10.1. The van der Waals surface area contributed by atoms with Crippen LogP contribution in [-0.2, 0) is 11.3 Å². The summed E-state index contributed by atoms with van der Waals surface area (Å²) in [7, 11) is 0. The number of carbonyl (C=O) groups excluding carboxylic acids is 1. The van der Waals surface area contributed by atoms with E-state index < -0.39 is 0 Å². The van der Waals surface area contributed by atoms with E-state index in [-0.39, 0.29) is 18.5 Å². The second kappa shape index (κ2) is 6.38. The Morgan fingerprint density at radius 2 is 2.00 bits per heavy atom. The van der Waals surface area contributed by atoms with Gasteiger partial charge in [-0.1, -0.05) is 35.5 Å². The number of hydrogen-bond acceptors (Lipinski definition) is 3. The quantitative estimate of drug-likeness (QED) is 0.786. The molecule has 1 heterocycles. The van der Waals surface area contributed by atoms with Gasteiger partial charge in [0.05, 0.1) is 11.7 Å². The van der Waals surface area contributed by atoms with Crippen molar-refractivity contribution in [1.29, 1.82) is 0 Å². The number of rotatable bonds is 7. The Balaban J connectivity index is 1.47. The molecule has 1 amide bonds. The maximum atomic E-state index is 12.9. The Bertz CT molecular complexity index is 703. The molecular weight excluding hydrogens is 300 g/mol. The topological polar surface area (TPSA) is 51.0 Å². The minimum absolute atomic E-state index is 0.0886. The lowest BCUT2D eigenvalue weighted by Crippen LogP contribution is -2.37. The summed E-state index contributed by atoms with van der Waals surface area (Å²) in [6.45, 7) is 3.25. The Kier molecular flexibility index (Phi) is 4.08. The molecule has 126 valence electrons. The first kappa shape index (κ1) is 15.4. The fraction of sp³-hybridized carbons (Fsp3) is 0.526. The van der Waals surface area contributed by atoms with E-state index in [4.69, 9.17) is 0 Å². The van der Waals surface area contributed by atoms with Crippen molar-refractivity contribution in [3.63, 3.8) is 0 Å². The summed E-state index contributed by atoms with van der Waals surface area (Å²) < 4.78 is 1.70. The van der Waals surface area contributed by atoms with Crippen LogP contribution in [0.2, 0.25) is 0 Å². The highest BCUT2D eigenvalue weighted by Crippen LogP contribution is 2.38. The average molecular weight is 324 g/mol. The lowest BCUT2D eigenvalue weighted by Gasteiger charge is -2.30. The molecule has 0 spiro atoms. The van der Waals surface area contributed by atoms with E-state index in [2.05, 4.69) is 29.4 Å². The van der Waals surface area contributed by atoms with Gasteiger partial charge in [0, 0.05) is 18.7 Å². The molecule has 0 bridgehead atoms. The Morgan fingerprint density at radius 3 is 2.67 bits per heavy atom. The first-order valence-corrected chi connectivity index (χ1v) is 8.95. The van der Waals surface area contributed by atoms with Gasteiger partial charge >= 0.3 is 0 Å². The molecule has 4 rings (SSSR count). The van der Waals surface area contributed by atoms with Gasteiger partial charge in [0.2, 0.25) is 5.91 Å². The van der Waals surface area contributed by atoms with Crippen LogP contribution in [0.5, 0.6) is 0 Å². The van der Waals surface area contributed by atoms with Gasteiger partial charge in [-0.3, -0.25) is 4.79 Å². The van der Waals surface area contributed by atoms with Gasteiger partial charge in [0.15, 0.2) is 0 Å². The maximum absolute atomic E-state index is 12.9. The summed E-state index contributed by atoms with van der Waals surface area (Å²) >= 11 is 0. The van der Waals surface area contributed by atoms with Crippen molar-refractivity contribution in [3.8, 4) is 0 Å². The minimum Gasteiger partial charge on any atom is -0.334 e. The predicted molar refractivity (Wildman–Crippen MR) is 91.3 cm³/mol. The normalized spacial score (nSPS) is 18.4. The molecule has 0 saturated heterocycles.